The highest BCUT2D eigenvalue weighted by Crippen LogP contribution is 2.34. The molecule has 0 heterocycles. The van der Waals surface area contributed by atoms with E-state index < -0.39 is 33.4 Å². The molecule has 1 saturated carbocycles. The molecule has 1 atom stereocenters. The quantitative estimate of drug-likeness (QED) is 0.201. The van der Waals surface area contributed by atoms with Crippen LogP contribution in [-0.2, 0) is 32.6 Å². The standard InChI is InChI=1S/C31H35BrN4O7S/c1-43-29-17-16-26(36(39)40)19-27(29)35(44(2,41)42)21-30(37)34(20-23-12-14-24(32)15-13-23)28(18-22-8-4-3-5-9-22)31(38)33-25-10-6-7-11-25/h3-5,8-9,12-17,19,25,28H,6-7,10-11,18,20-21H2,1-2H3,(H,33,38). The van der Waals surface area contributed by atoms with Gasteiger partial charge in [0.25, 0.3) is 5.69 Å². The van der Waals surface area contributed by atoms with Gasteiger partial charge in [0.2, 0.25) is 21.8 Å². The highest BCUT2D eigenvalue weighted by Gasteiger charge is 2.35. The number of nitrogens with one attached hydrogen (secondary N) is 1. The largest absolute Gasteiger partial charge is 0.495 e. The SMILES string of the molecule is COc1ccc([N+](=O)[O-])cc1N(CC(=O)N(Cc1ccc(Br)cc1)C(Cc1ccccc1)C(=O)NC1CCCC1)S(C)(=O)=O. The van der Waals surface area contributed by atoms with Gasteiger partial charge in [0.15, 0.2) is 0 Å². The van der Waals surface area contributed by atoms with Crippen LogP contribution in [0.3, 0.4) is 0 Å². The van der Waals surface area contributed by atoms with Crippen LogP contribution in [0.25, 0.3) is 0 Å². The zero-order valence-electron chi connectivity index (χ0n) is 24.5. The van der Waals surface area contributed by atoms with E-state index in [1.165, 1.54) is 24.1 Å². The number of halogens is 1. The third kappa shape index (κ3) is 8.56. The maximum Gasteiger partial charge on any atom is 0.271 e. The fraction of sp³-hybridized carbons (Fsp3) is 0.355. The molecule has 2 amide bonds. The van der Waals surface area contributed by atoms with Gasteiger partial charge in [0, 0.05) is 35.6 Å². The molecule has 1 N–H and O–H groups in total. The molecule has 1 aliphatic carbocycles. The van der Waals surface area contributed by atoms with Crippen molar-refractivity contribution in [3.8, 4) is 5.75 Å². The molecule has 4 rings (SSSR count). The molecule has 1 fully saturated rings. The summed E-state index contributed by atoms with van der Waals surface area (Å²) in [6.45, 7) is -0.694. The van der Waals surface area contributed by atoms with E-state index in [0.717, 1.165) is 57.9 Å². The number of anilines is 1. The highest BCUT2D eigenvalue weighted by atomic mass is 79.9. The number of hydrogen-bond acceptors (Lipinski definition) is 7. The average molecular weight is 688 g/mol. The Bertz CT molecular complexity index is 1580. The van der Waals surface area contributed by atoms with Crippen molar-refractivity contribution < 1.29 is 27.7 Å². The van der Waals surface area contributed by atoms with Gasteiger partial charge in [0.05, 0.1) is 18.3 Å². The first kappa shape index (κ1) is 32.9. The summed E-state index contributed by atoms with van der Waals surface area (Å²) in [4.78, 5) is 40.5. The third-order valence-electron chi connectivity index (χ3n) is 7.56. The molecule has 1 aliphatic rings. The summed E-state index contributed by atoms with van der Waals surface area (Å²) in [7, 11) is -2.85. The van der Waals surface area contributed by atoms with E-state index in [0.29, 0.717) is 0 Å². The van der Waals surface area contributed by atoms with E-state index in [2.05, 4.69) is 21.2 Å². The third-order valence-corrected chi connectivity index (χ3v) is 9.22. The van der Waals surface area contributed by atoms with Crippen LogP contribution in [0.5, 0.6) is 5.75 Å². The first-order chi connectivity index (χ1) is 21.0. The van der Waals surface area contributed by atoms with E-state index in [1.54, 1.807) is 0 Å². The van der Waals surface area contributed by atoms with Crippen LogP contribution >= 0.6 is 15.9 Å². The number of non-ortho nitro benzene ring substituents is 1. The topological polar surface area (TPSA) is 139 Å². The van der Waals surface area contributed by atoms with Crippen molar-refractivity contribution in [2.24, 2.45) is 0 Å². The van der Waals surface area contributed by atoms with Crippen molar-refractivity contribution in [3.05, 3.63) is 98.5 Å². The molecule has 13 heteroatoms. The number of amides is 2. The predicted octanol–water partition coefficient (Wildman–Crippen LogP) is 4.83. The van der Waals surface area contributed by atoms with E-state index >= 15 is 0 Å². The monoisotopic (exact) mass is 686 g/mol. The maximum atomic E-state index is 14.3. The van der Waals surface area contributed by atoms with Crippen molar-refractivity contribution in [3.63, 3.8) is 0 Å². The molecule has 3 aromatic carbocycles. The van der Waals surface area contributed by atoms with E-state index in [9.17, 15) is 28.1 Å². The molecular weight excluding hydrogens is 652 g/mol. The molecule has 3 aromatic rings. The lowest BCUT2D eigenvalue weighted by molar-refractivity contribution is -0.384. The highest BCUT2D eigenvalue weighted by molar-refractivity contribution is 9.10. The minimum atomic E-state index is -4.15. The van der Waals surface area contributed by atoms with Gasteiger partial charge in [-0.2, -0.15) is 0 Å². The second kappa shape index (κ2) is 14.7. The summed E-state index contributed by atoms with van der Waals surface area (Å²) in [6.07, 6.45) is 4.80. The Balaban J connectivity index is 1.77. The fourth-order valence-corrected chi connectivity index (χ4v) is 6.40. The van der Waals surface area contributed by atoms with Crippen LogP contribution < -0.4 is 14.4 Å². The van der Waals surface area contributed by atoms with Crippen LogP contribution in [0.4, 0.5) is 11.4 Å². The van der Waals surface area contributed by atoms with Gasteiger partial charge in [-0.3, -0.25) is 24.0 Å². The number of nitrogens with zero attached hydrogens (tertiary/aromatic N) is 3. The zero-order chi connectivity index (χ0) is 31.9. The number of methoxy groups -OCH3 is 1. The number of rotatable bonds is 13. The average Bonchev–Trinajstić information content (AvgIpc) is 3.51. The Labute approximate surface area is 265 Å². The summed E-state index contributed by atoms with van der Waals surface area (Å²) in [6, 6.07) is 19.1. The molecule has 11 nitrogen and oxygen atoms in total. The molecule has 0 aromatic heterocycles. The van der Waals surface area contributed by atoms with Crippen LogP contribution in [0, 0.1) is 10.1 Å². The van der Waals surface area contributed by atoms with E-state index in [1.807, 2.05) is 54.6 Å². The van der Waals surface area contributed by atoms with E-state index in [-0.39, 0.29) is 42.0 Å². The van der Waals surface area contributed by atoms with Crippen LogP contribution in [0.2, 0.25) is 0 Å². The summed E-state index contributed by atoms with van der Waals surface area (Å²) in [5.74, 6) is -0.951. The van der Waals surface area contributed by atoms with Crippen molar-refractivity contribution >= 4 is 49.1 Å². The summed E-state index contributed by atoms with van der Waals surface area (Å²) < 4.78 is 33.1. The normalized spacial score (nSPS) is 14.1. The van der Waals surface area contributed by atoms with Crippen molar-refractivity contribution in [1.82, 2.24) is 10.2 Å². The second-order valence-electron chi connectivity index (χ2n) is 10.7. The maximum absolute atomic E-state index is 14.3. The lowest BCUT2D eigenvalue weighted by atomic mass is 10.0. The van der Waals surface area contributed by atoms with Gasteiger partial charge in [0.1, 0.15) is 24.0 Å². The number of ether oxygens (including phenoxy) is 1. The number of nitro groups is 1. The van der Waals surface area contributed by atoms with Crippen molar-refractivity contribution in [2.75, 3.05) is 24.2 Å². The number of hydrogen-bond donors (Lipinski definition) is 1. The number of carbonyl (C=O) groups excluding carboxylic acids is 2. The summed E-state index contributed by atoms with van der Waals surface area (Å²) in [5, 5.41) is 14.7. The summed E-state index contributed by atoms with van der Waals surface area (Å²) in [5.41, 5.74) is 1.03. The number of sulfonamides is 1. The van der Waals surface area contributed by atoms with Crippen molar-refractivity contribution in [1.29, 1.82) is 0 Å². The van der Waals surface area contributed by atoms with Gasteiger partial charge in [-0.25, -0.2) is 8.42 Å². The van der Waals surface area contributed by atoms with Crippen molar-refractivity contribution in [2.45, 2.75) is 50.7 Å². The number of carbonyl (C=O) groups is 2. The molecular formula is C31H35BrN4O7S. The van der Waals surface area contributed by atoms with Gasteiger partial charge in [-0.05, 0) is 42.2 Å². The number of nitro benzene ring substituents is 1. The minimum Gasteiger partial charge on any atom is -0.495 e. The van der Waals surface area contributed by atoms with Gasteiger partial charge in [-0.1, -0.05) is 71.2 Å². The lowest BCUT2D eigenvalue weighted by Gasteiger charge is -2.34. The zero-order valence-corrected chi connectivity index (χ0v) is 26.9. The first-order valence-corrected chi connectivity index (χ1v) is 16.8. The fourth-order valence-electron chi connectivity index (χ4n) is 5.29. The lowest BCUT2D eigenvalue weighted by Crippen LogP contribution is -2.54. The van der Waals surface area contributed by atoms with Crippen LogP contribution in [0.15, 0.2) is 77.3 Å². The predicted molar refractivity (Wildman–Crippen MR) is 171 cm³/mol. The minimum absolute atomic E-state index is 0.00736. The Morgan fingerprint density at radius 2 is 1.70 bits per heavy atom. The summed E-state index contributed by atoms with van der Waals surface area (Å²) >= 11 is 3.42. The molecule has 1 unspecified atom stereocenters. The molecule has 0 bridgehead atoms. The van der Waals surface area contributed by atoms with Gasteiger partial charge in [-0.15, -0.1) is 0 Å². The van der Waals surface area contributed by atoms with Gasteiger partial charge >= 0.3 is 0 Å². The second-order valence-corrected chi connectivity index (χ2v) is 13.5. The Morgan fingerprint density at radius 1 is 1.05 bits per heavy atom. The Hall–Kier alpha value is -3.97. The molecule has 234 valence electrons. The number of benzene rings is 3. The Morgan fingerprint density at radius 3 is 2.30 bits per heavy atom. The van der Waals surface area contributed by atoms with Crippen LogP contribution in [0.1, 0.15) is 36.8 Å². The molecule has 44 heavy (non-hydrogen) atoms. The molecule has 0 radical (unpaired) electrons. The molecule has 0 spiro atoms. The molecule has 0 saturated heterocycles. The Kier molecular flexibility index (Phi) is 11.0. The van der Waals surface area contributed by atoms with E-state index in [4.69, 9.17) is 4.74 Å². The first-order valence-electron chi connectivity index (χ1n) is 14.1. The van der Waals surface area contributed by atoms with Crippen LogP contribution in [-0.4, -0.2) is 62.0 Å². The molecule has 0 aliphatic heterocycles. The smallest absolute Gasteiger partial charge is 0.271 e. The van der Waals surface area contributed by atoms with Gasteiger partial charge < -0.3 is 15.0 Å².